The summed E-state index contributed by atoms with van der Waals surface area (Å²) in [4.78, 5) is 0. The first kappa shape index (κ1) is 36.7. The third kappa shape index (κ3) is 10.4. The monoisotopic (exact) mass is 814 g/mol. The third-order valence-corrected chi connectivity index (χ3v) is 11.9. The number of hydrogen-bond donors (Lipinski definition) is 2. The SMILES string of the molecule is CN/C([S-])=N/N=C(/C(C)=N/N=C(\[S-])NCCOC[P+](c1ccccc1)(c1ccccc1)c1ccccc1)c1ccc(I)cc1.[Cu+2]. The average Bonchev–Trinajstić information content (AvgIpc) is 3.07. The Morgan fingerprint density at radius 2 is 1.20 bits per heavy atom. The molecule has 0 saturated carbocycles. The summed E-state index contributed by atoms with van der Waals surface area (Å²) < 4.78 is 7.52. The van der Waals surface area contributed by atoms with Crippen LogP contribution in [0.2, 0.25) is 0 Å². The maximum atomic E-state index is 6.41. The van der Waals surface area contributed by atoms with E-state index in [9.17, 15) is 0 Å². The fourth-order valence-corrected chi connectivity index (χ4v) is 8.78. The molecule has 0 atom stereocenters. The van der Waals surface area contributed by atoms with Crippen molar-refractivity contribution in [1.29, 1.82) is 0 Å². The van der Waals surface area contributed by atoms with Crippen LogP contribution in [0.3, 0.4) is 0 Å². The topological polar surface area (TPSA) is 82.7 Å². The van der Waals surface area contributed by atoms with Crippen LogP contribution < -0.4 is 26.5 Å². The van der Waals surface area contributed by atoms with E-state index in [1.54, 1.807) is 7.05 Å². The summed E-state index contributed by atoms with van der Waals surface area (Å²) in [6.45, 7) is 2.74. The van der Waals surface area contributed by atoms with E-state index >= 15 is 0 Å². The molecule has 7 nitrogen and oxygen atoms in total. The molecule has 0 aliphatic carbocycles. The minimum atomic E-state index is -2.07. The van der Waals surface area contributed by atoms with Gasteiger partial charge < -0.3 is 40.6 Å². The van der Waals surface area contributed by atoms with Gasteiger partial charge in [0, 0.05) is 22.7 Å². The summed E-state index contributed by atoms with van der Waals surface area (Å²) in [6, 6.07) is 39.8. The summed E-state index contributed by atoms with van der Waals surface area (Å²) in [5.74, 6) is 0. The van der Waals surface area contributed by atoms with E-state index in [2.05, 4.69) is 145 Å². The fourth-order valence-electron chi connectivity index (χ4n) is 4.45. The first-order valence-corrected chi connectivity index (χ1v) is 17.7. The molecule has 0 unspecified atom stereocenters. The fraction of sp³-hybridized carbons (Fsp3) is 0.152. The van der Waals surface area contributed by atoms with Gasteiger partial charge in [0.05, 0.1) is 12.3 Å². The van der Waals surface area contributed by atoms with Crippen molar-refractivity contribution in [1.82, 2.24) is 10.6 Å². The first-order valence-electron chi connectivity index (χ1n) is 13.9. The van der Waals surface area contributed by atoms with Crippen molar-refractivity contribution in [2.24, 2.45) is 20.4 Å². The Kier molecular flexibility index (Phi) is 15.5. The Morgan fingerprint density at radius 1 is 0.711 bits per heavy atom. The van der Waals surface area contributed by atoms with Crippen molar-refractivity contribution in [2.75, 3.05) is 26.5 Å². The number of benzene rings is 4. The van der Waals surface area contributed by atoms with E-state index in [0.717, 1.165) is 9.13 Å². The standard InChI is InChI=1S/C33H34IN6OPS2.Cu/c1-25(31(38-39-32(43)35-2)26-18-20-27(34)21-19-26)37-40-33(44)36-22-23-41-24-42(28-12-6-3-7-13-28,29-14-8-4-9-15-29)30-16-10-5-11-17-30;/h3-21H,22-24H2,1-2H3,(H3-,35,36,37,38,39,40,43,44);/q;+2/p-1. The van der Waals surface area contributed by atoms with Gasteiger partial charge in [-0.3, -0.25) is 0 Å². The smallest absolute Gasteiger partial charge is 0.741 e. The summed E-state index contributed by atoms with van der Waals surface area (Å²) in [6.07, 6.45) is 0.557. The van der Waals surface area contributed by atoms with E-state index in [-0.39, 0.29) is 27.4 Å². The van der Waals surface area contributed by atoms with Crippen molar-refractivity contribution < 1.29 is 21.8 Å². The van der Waals surface area contributed by atoms with Crippen molar-refractivity contribution >= 4 is 92.8 Å². The zero-order chi connectivity index (χ0) is 31.2. The van der Waals surface area contributed by atoms with Gasteiger partial charge in [-0.1, -0.05) is 66.7 Å². The molecule has 0 bridgehead atoms. The Morgan fingerprint density at radius 3 is 1.69 bits per heavy atom. The van der Waals surface area contributed by atoms with Gasteiger partial charge in [0.15, 0.2) is 6.35 Å². The molecule has 0 saturated heterocycles. The van der Waals surface area contributed by atoms with E-state index < -0.39 is 7.26 Å². The summed E-state index contributed by atoms with van der Waals surface area (Å²) in [5, 5.41) is 27.2. The Bertz CT molecular complexity index is 1510. The second-order valence-electron chi connectivity index (χ2n) is 9.48. The van der Waals surface area contributed by atoms with Crippen LogP contribution in [0.5, 0.6) is 0 Å². The average molecular weight is 815 g/mol. The van der Waals surface area contributed by atoms with Crippen LogP contribution in [-0.2, 0) is 47.1 Å². The molecule has 1 radical (unpaired) electrons. The van der Waals surface area contributed by atoms with Crippen LogP contribution in [0.1, 0.15) is 12.5 Å². The zero-order valence-corrected chi connectivity index (χ0v) is 30.4. The van der Waals surface area contributed by atoms with Gasteiger partial charge >= 0.3 is 17.1 Å². The summed E-state index contributed by atoms with van der Waals surface area (Å²) in [7, 11) is -0.370. The van der Waals surface area contributed by atoms with Crippen molar-refractivity contribution in [2.45, 2.75) is 6.92 Å². The van der Waals surface area contributed by atoms with Gasteiger partial charge in [0.25, 0.3) is 0 Å². The molecule has 2 N–H and O–H groups in total. The normalized spacial score (nSPS) is 12.8. The van der Waals surface area contributed by atoms with E-state index in [4.69, 9.17) is 30.0 Å². The van der Waals surface area contributed by atoms with Crippen LogP contribution in [0.4, 0.5) is 0 Å². The molecule has 0 aliphatic heterocycles. The maximum Gasteiger partial charge on any atom is 2.00 e. The molecule has 0 aromatic heterocycles. The predicted molar refractivity (Wildman–Crippen MR) is 201 cm³/mol. The van der Waals surface area contributed by atoms with Gasteiger partial charge in [-0.2, -0.15) is 15.3 Å². The van der Waals surface area contributed by atoms with Crippen molar-refractivity contribution in [3.05, 3.63) is 124 Å². The first-order chi connectivity index (χ1) is 21.4. The minimum absolute atomic E-state index is 0. The van der Waals surface area contributed by atoms with Gasteiger partial charge in [-0.05, 0) is 88.4 Å². The predicted octanol–water partition coefficient (Wildman–Crippen LogP) is 4.95. The van der Waals surface area contributed by atoms with Crippen LogP contribution in [0.25, 0.3) is 0 Å². The Labute approximate surface area is 301 Å². The number of hydrogen-bond acceptors (Lipinski definition) is 7. The number of nitrogens with zero attached hydrogens (tertiary/aromatic N) is 4. The Balaban J connectivity index is 0.00000552. The van der Waals surface area contributed by atoms with Gasteiger partial charge in [-0.15, -0.1) is 5.10 Å². The largest absolute Gasteiger partial charge is 2.00 e. The number of halogens is 1. The Hall–Kier alpha value is -2.76. The molecule has 0 fully saturated rings. The van der Waals surface area contributed by atoms with Crippen LogP contribution in [-0.4, -0.2) is 48.3 Å². The molecule has 0 amide bonds. The number of rotatable bonds is 12. The van der Waals surface area contributed by atoms with Gasteiger partial charge in [0.2, 0.25) is 0 Å². The van der Waals surface area contributed by atoms with E-state index in [0.29, 0.717) is 30.9 Å². The van der Waals surface area contributed by atoms with Crippen LogP contribution in [0.15, 0.2) is 136 Å². The molecule has 4 aromatic rings. The van der Waals surface area contributed by atoms with Crippen LogP contribution in [0, 0.1) is 3.57 Å². The maximum absolute atomic E-state index is 6.41. The molecule has 4 aromatic carbocycles. The second kappa shape index (κ2) is 19.0. The molecular weight excluding hydrogens is 782 g/mol. The summed E-state index contributed by atoms with van der Waals surface area (Å²) >= 11 is 12.8. The summed E-state index contributed by atoms with van der Waals surface area (Å²) in [5.41, 5.74) is 1.95. The molecule has 0 spiro atoms. The number of ether oxygens (including phenoxy) is 1. The molecule has 0 aliphatic rings. The minimum Gasteiger partial charge on any atom is -0.741 e. The molecule has 235 valence electrons. The molecule has 45 heavy (non-hydrogen) atoms. The number of nitrogens with one attached hydrogen (secondary N) is 2. The second-order valence-corrected chi connectivity index (χ2v) is 14.9. The van der Waals surface area contributed by atoms with Gasteiger partial charge in [-0.25, -0.2) is 0 Å². The van der Waals surface area contributed by atoms with Gasteiger partial charge in [0.1, 0.15) is 28.9 Å². The van der Waals surface area contributed by atoms with E-state index in [1.807, 2.05) is 31.2 Å². The molecule has 0 heterocycles. The van der Waals surface area contributed by atoms with Crippen molar-refractivity contribution in [3.8, 4) is 0 Å². The van der Waals surface area contributed by atoms with Crippen LogP contribution >= 0.6 is 29.9 Å². The van der Waals surface area contributed by atoms with E-state index in [1.165, 1.54) is 15.9 Å². The quantitative estimate of drug-likeness (QED) is 0.0310. The molecule has 4 rings (SSSR count). The van der Waals surface area contributed by atoms with Crippen molar-refractivity contribution in [3.63, 3.8) is 0 Å². The number of amidine groups is 2. The zero-order valence-electron chi connectivity index (χ0n) is 24.7. The molecule has 12 heteroatoms. The third-order valence-electron chi connectivity index (χ3n) is 6.60. The molecular formula is C33H33CuIN6OPS2+.